The van der Waals surface area contributed by atoms with Gasteiger partial charge in [0.05, 0.1) is 6.17 Å². The molecule has 1 amide bonds. The van der Waals surface area contributed by atoms with Gasteiger partial charge in [-0.1, -0.05) is 0 Å². The van der Waals surface area contributed by atoms with Crippen molar-refractivity contribution >= 4 is 13.9 Å². The minimum Gasteiger partial charge on any atom is -0.382 e. The van der Waals surface area contributed by atoms with Crippen molar-refractivity contribution in [2.75, 3.05) is 7.05 Å². The van der Waals surface area contributed by atoms with E-state index in [1.54, 1.807) is 7.05 Å². The van der Waals surface area contributed by atoms with Gasteiger partial charge in [-0.3, -0.25) is 4.79 Å². The van der Waals surface area contributed by atoms with Crippen molar-refractivity contribution < 1.29 is 4.79 Å². The normalized spacial score (nSPS) is 27.4. The number of carbonyl (C=O) groups excluding carboxylic acids is 1. The third kappa shape index (κ3) is 1.08. The van der Waals surface area contributed by atoms with E-state index in [0.717, 1.165) is 6.42 Å². The van der Waals surface area contributed by atoms with E-state index >= 15 is 0 Å². The fourth-order valence-corrected chi connectivity index (χ4v) is 0.986. The maximum absolute atomic E-state index is 10.7. The second-order valence-electron chi connectivity index (χ2n) is 2.14. The van der Waals surface area contributed by atoms with Crippen molar-refractivity contribution in [3.8, 4) is 0 Å². The highest BCUT2D eigenvalue weighted by Gasteiger charge is 2.24. The topological polar surface area (TPSA) is 32.3 Å². The Hall–Kier alpha value is -0.505. The summed E-state index contributed by atoms with van der Waals surface area (Å²) in [5.41, 5.74) is 0. The smallest absolute Gasteiger partial charge is 0.232 e. The van der Waals surface area contributed by atoms with E-state index in [1.807, 2.05) is 0 Å². The standard InChI is InChI=1S/C5H9BN2O/c1-7-4-2-3-5(9)8(4)6/h4,7H,2-3H2,1H3. The molecular formula is C5H9BN2O. The van der Waals surface area contributed by atoms with Crippen LogP contribution in [-0.4, -0.2) is 31.9 Å². The molecule has 1 aliphatic rings. The molecule has 1 aliphatic heterocycles. The minimum absolute atomic E-state index is 0.0225. The van der Waals surface area contributed by atoms with E-state index in [0.29, 0.717) is 6.42 Å². The van der Waals surface area contributed by atoms with Gasteiger partial charge in [0, 0.05) is 6.42 Å². The summed E-state index contributed by atoms with van der Waals surface area (Å²) in [6.45, 7) is 0. The van der Waals surface area contributed by atoms with Gasteiger partial charge in [-0.25, -0.2) is 0 Å². The van der Waals surface area contributed by atoms with Crippen molar-refractivity contribution in [3.05, 3.63) is 0 Å². The van der Waals surface area contributed by atoms with Crippen LogP contribution in [-0.2, 0) is 4.79 Å². The lowest BCUT2D eigenvalue weighted by Gasteiger charge is -2.18. The van der Waals surface area contributed by atoms with Gasteiger partial charge in [-0.05, 0) is 13.5 Å². The fraction of sp³-hybridized carbons (Fsp3) is 0.800. The summed E-state index contributed by atoms with van der Waals surface area (Å²) in [6.07, 6.45) is 1.45. The third-order valence-electron chi connectivity index (χ3n) is 1.59. The first-order valence-electron chi connectivity index (χ1n) is 2.99. The van der Waals surface area contributed by atoms with Crippen LogP contribution in [0.15, 0.2) is 0 Å². The summed E-state index contributed by atoms with van der Waals surface area (Å²) in [5, 5.41) is 2.92. The van der Waals surface area contributed by atoms with Crippen LogP contribution >= 0.6 is 0 Å². The van der Waals surface area contributed by atoms with Gasteiger partial charge in [0.25, 0.3) is 0 Å². The number of nitrogens with zero attached hydrogens (tertiary/aromatic N) is 1. The summed E-state index contributed by atoms with van der Waals surface area (Å²) in [6, 6.07) is 0. The van der Waals surface area contributed by atoms with Crippen molar-refractivity contribution in [2.45, 2.75) is 19.0 Å². The lowest BCUT2D eigenvalue weighted by Crippen LogP contribution is -2.39. The van der Waals surface area contributed by atoms with Gasteiger partial charge in [-0.2, -0.15) is 0 Å². The number of carbonyl (C=O) groups is 1. The summed E-state index contributed by atoms with van der Waals surface area (Å²) in [7, 11) is 7.15. The Kier molecular flexibility index (Phi) is 1.76. The monoisotopic (exact) mass is 124 g/mol. The summed E-state index contributed by atoms with van der Waals surface area (Å²) in [5.74, 6) is 0.0225. The van der Waals surface area contributed by atoms with E-state index in [-0.39, 0.29) is 12.1 Å². The Morgan fingerprint density at radius 3 is 2.78 bits per heavy atom. The van der Waals surface area contributed by atoms with Crippen molar-refractivity contribution in [1.29, 1.82) is 0 Å². The van der Waals surface area contributed by atoms with Gasteiger partial charge in [-0.15, -0.1) is 0 Å². The van der Waals surface area contributed by atoms with Crippen LogP contribution < -0.4 is 5.32 Å². The summed E-state index contributed by atoms with van der Waals surface area (Å²) in [4.78, 5) is 12.0. The molecule has 48 valence electrons. The molecule has 1 heterocycles. The van der Waals surface area contributed by atoms with Crippen LogP contribution in [0.5, 0.6) is 0 Å². The Balaban J connectivity index is 2.51. The summed E-state index contributed by atoms with van der Waals surface area (Å²) >= 11 is 0. The van der Waals surface area contributed by atoms with Crippen LogP contribution in [0.3, 0.4) is 0 Å². The third-order valence-corrected chi connectivity index (χ3v) is 1.59. The molecular weight excluding hydrogens is 115 g/mol. The molecule has 0 bridgehead atoms. The lowest BCUT2D eigenvalue weighted by atomic mass is 10.3. The van der Waals surface area contributed by atoms with E-state index in [9.17, 15) is 4.79 Å². The number of nitrogens with one attached hydrogen (secondary N) is 1. The average molecular weight is 124 g/mol. The SMILES string of the molecule is [B]N1C(=O)CCC1NC. The van der Waals surface area contributed by atoms with Gasteiger partial charge in [0.1, 0.15) is 0 Å². The number of hydrogen-bond acceptors (Lipinski definition) is 2. The lowest BCUT2D eigenvalue weighted by molar-refractivity contribution is -0.124. The molecule has 0 spiro atoms. The van der Waals surface area contributed by atoms with Gasteiger partial charge in [0.2, 0.25) is 13.9 Å². The molecule has 0 aromatic rings. The average Bonchev–Trinajstić information content (AvgIpc) is 2.15. The fourth-order valence-electron chi connectivity index (χ4n) is 0.986. The van der Waals surface area contributed by atoms with E-state index in [4.69, 9.17) is 7.98 Å². The highest BCUT2D eigenvalue weighted by molar-refractivity contribution is 6.15. The molecule has 1 saturated heterocycles. The molecule has 1 unspecified atom stereocenters. The largest absolute Gasteiger partial charge is 0.382 e. The second-order valence-corrected chi connectivity index (χ2v) is 2.14. The van der Waals surface area contributed by atoms with Crippen molar-refractivity contribution in [2.24, 2.45) is 0 Å². The van der Waals surface area contributed by atoms with Crippen LogP contribution in [0.25, 0.3) is 0 Å². The first-order chi connectivity index (χ1) is 4.25. The van der Waals surface area contributed by atoms with E-state index < -0.39 is 0 Å². The Bertz CT molecular complexity index is 128. The Morgan fingerprint density at radius 1 is 1.89 bits per heavy atom. The van der Waals surface area contributed by atoms with Gasteiger partial charge in [0.15, 0.2) is 0 Å². The minimum atomic E-state index is 0.0225. The molecule has 1 atom stereocenters. The zero-order valence-corrected chi connectivity index (χ0v) is 5.42. The highest BCUT2D eigenvalue weighted by Crippen LogP contribution is 2.11. The number of rotatable bonds is 1. The zero-order chi connectivity index (χ0) is 6.85. The van der Waals surface area contributed by atoms with Crippen LogP contribution in [0.2, 0.25) is 0 Å². The summed E-state index contributed by atoms with van der Waals surface area (Å²) < 4.78 is 0. The van der Waals surface area contributed by atoms with Gasteiger partial charge >= 0.3 is 0 Å². The van der Waals surface area contributed by atoms with Crippen molar-refractivity contribution in [3.63, 3.8) is 0 Å². The molecule has 0 aliphatic carbocycles. The van der Waals surface area contributed by atoms with E-state index in [1.165, 1.54) is 4.81 Å². The molecule has 1 fully saturated rings. The maximum Gasteiger partial charge on any atom is 0.232 e. The highest BCUT2D eigenvalue weighted by atomic mass is 16.2. The Labute approximate surface area is 55.8 Å². The molecule has 0 saturated carbocycles. The molecule has 4 heteroatoms. The van der Waals surface area contributed by atoms with Crippen LogP contribution in [0, 0.1) is 0 Å². The molecule has 3 nitrogen and oxygen atoms in total. The zero-order valence-electron chi connectivity index (χ0n) is 5.42. The predicted molar refractivity (Wildman–Crippen MR) is 34.7 cm³/mol. The molecule has 0 aromatic carbocycles. The van der Waals surface area contributed by atoms with Crippen molar-refractivity contribution in [1.82, 2.24) is 10.1 Å². The van der Waals surface area contributed by atoms with Crippen LogP contribution in [0.1, 0.15) is 12.8 Å². The molecule has 2 radical (unpaired) electrons. The van der Waals surface area contributed by atoms with Gasteiger partial charge < -0.3 is 10.1 Å². The van der Waals surface area contributed by atoms with Crippen LogP contribution in [0.4, 0.5) is 0 Å². The first kappa shape index (κ1) is 6.61. The predicted octanol–water partition coefficient (Wildman–Crippen LogP) is -0.762. The quantitative estimate of drug-likeness (QED) is 0.466. The number of hydrogen-bond donors (Lipinski definition) is 1. The van der Waals surface area contributed by atoms with E-state index in [2.05, 4.69) is 5.32 Å². The molecule has 9 heavy (non-hydrogen) atoms. The first-order valence-corrected chi connectivity index (χ1v) is 2.99. The molecule has 1 N–H and O–H groups in total. The molecule has 1 rings (SSSR count). The second kappa shape index (κ2) is 2.39. The Morgan fingerprint density at radius 2 is 2.56 bits per heavy atom. The molecule has 0 aromatic heterocycles. The maximum atomic E-state index is 10.7. The number of amides is 1.